The van der Waals surface area contributed by atoms with Gasteiger partial charge in [-0.1, -0.05) is 0 Å². The Morgan fingerprint density at radius 3 is 2.46 bits per heavy atom. The molecule has 132 valence electrons. The van der Waals surface area contributed by atoms with E-state index in [0.717, 1.165) is 43.7 Å². The fourth-order valence-corrected chi connectivity index (χ4v) is 3.13. The second-order valence-electron chi connectivity index (χ2n) is 6.60. The molecule has 1 aromatic heterocycles. The van der Waals surface area contributed by atoms with Gasteiger partial charge in [-0.3, -0.25) is 4.79 Å². The summed E-state index contributed by atoms with van der Waals surface area (Å²) >= 11 is 0. The predicted molar refractivity (Wildman–Crippen MR) is 82.8 cm³/mol. The highest BCUT2D eigenvalue weighted by molar-refractivity contribution is 5.92. The molecule has 1 saturated carbocycles. The van der Waals surface area contributed by atoms with Gasteiger partial charge in [0.2, 0.25) is 0 Å². The molecule has 3 rings (SSSR count). The van der Waals surface area contributed by atoms with Crippen LogP contribution in [0.1, 0.15) is 43.1 Å². The quantitative estimate of drug-likeness (QED) is 0.826. The molecule has 0 bridgehead atoms. The average Bonchev–Trinajstić information content (AvgIpc) is 3.25. The van der Waals surface area contributed by atoms with Gasteiger partial charge >= 0.3 is 6.18 Å². The summed E-state index contributed by atoms with van der Waals surface area (Å²) in [7, 11) is 0. The van der Waals surface area contributed by atoms with Crippen molar-refractivity contribution in [1.29, 1.82) is 0 Å². The standard InChI is InChI=1S/C16H21F3N4O/c1-11(12-4-5-12)23(10-16(17,18)19)15(24)13-6-7-14(21-20-13)22-8-2-3-9-22/h6-7,11-12H,2-5,8-10H2,1H3/t11-/m1/s1. The van der Waals surface area contributed by atoms with Gasteiger partial charge in [0.25, 0.3) is 5.91 Å². The second-order valence-corrected chi connectivity index (χ2v) is 6.60. The maximum Gasteiger partial charge on any atom is 0.406 e. The molecule has 24 heavy (non-hydrogen) atoms. The Labute approximate surface area is 138 Å². The molecule has 1 atom stereocenters. The topological polar surface area (TPSA) is 49.3 Å². The largest absolute Gasteiger partial charge is 0.406 e. The summed E-state index contributed by atoms with van der Waals surface area (Å²) in [5.41, 5.74) is -0.0327. The van der Waals surface area contributed by atoms with Gasteiger partial charge in [-0.05, 0) is 50.7 Å². The van der Waals surface area contributed by atoms with Crippen molar-refractivity contribution in [2.45, 2.75) is 44.8 Å². The van der Waals surface area contributed by atoms with E-state index in [1.165, 1.54) is 6.07 Å². The van der Waals surface area contributed by atoms with Crippen molar-refractivity contribution in [3.8, 4) is 0 Å². The van der Waals surface area contributed by atoms with Crippen molar-refractivity contribution in [2.24, 2.45) is 5.92 Å². The zero-order valence-corrected chi connectivity index (χ0v) is 13.6. The van der Waals surface area contributed by atoms with Crippen LogP contribution in [0.4, 0.5) is 19.0 Å². The summed E-state index contributed by atoms with van der Waals surface area (Å²) < 4.78 is 38.6. The summed E-state index contributed by atoms with van der Waals surface area (Å²) in [5.74, 6) is 0.113. The van der Waals surface area contributed by atoms with E-state index < -0.39 is 24.7 Å². The van der Waals surface area contributed by atoms with Crippen LogP contribution in [0, 0.1) is 5.92 Å². The first-order chi connectivity index (χ1) is 11.3. The second kappa shape index (κ2) is 6.57. The number of hydrogen-bond acceptors (Lipinski definition) is 4. The maximum absolute atomic E-state index is 12.9. The first kappa shape index (κ1) is 17.0. The van der Waals surface area contributed by atoms with Crippen molar-refractivity contribution in [3.05, 3.63) is 17.8 Å². The molecule has 0 N–H and O–H groups in total. The number of halogens is 3. The van der Waals surface area contributed by atoms with Crippen LogP contribution in [0.15, 0.2) is 12.1 Å². The van der Waals surface area contributed by atoms with Crippen LogP contribution in [-0.4, -0.2) is 52.9 Å². The van der Waals surface area contributed by atoms with E-state index in [1.54, 1.807) is 13.0 Å². The molecule has 1 aliphatic heterocycles. The number of carbonyl (C=O) groups is 1. The summed E-state index contributed by atoms with van der Waals surface area (Å²) in [4.78, 5) is 15.5. The van der Waals surface area contributed by atoms with Crippen molar-refractivity contribution in [1.82, 2.24) is 15.1 Å². The zero-order valence-electron chi connectivity index (χ0n) is 13.6. The molecule has 2 fully saturated rings. The van der Waals surface area contributed by atoms with Crippen LogP contribution in [0.3, 0.4) is 0 Å². The third-order valence-corrected chi connectivity index (χ3v) is 4.71. The first-order valence-electron chi connectivity index (χ1n) is 8.31. The zero-order chi connectivity index (χ0) is 17.3. The third-order valence-electron chi connectivity index (χ3n) is 4.71. The van der Waals surface area contributed by atoms with Crippen LogP contribution >= 0.6 is 0 Å². The lowest BCUT2D eigenvalue weighted by Gasteiger charge is -2.30. The van der Waals surface area contributed by atoms with E-state index in [9.17, 15) is 18.0 Å². The van der Waals surface area contributed by atoms with Crippen LogP contribution in [-0.2, 0) is 0 Å². The van der Waals surface area contributed by atoms with Crippen molar-refractivity contribution in [3.63, 3.8) is 0 Å². The van der Waals surface area contributed by atoms with Crippen molar-refractivity contribution < 1.29 is 18.0 Å². The Bertz CT molecular complexity index is 580. The molecular weight excluding hydrogens is 321 g/mol. The fourth-order valence-electron chi connectivity index (χ4n) is 3.13. The highest BCUT2D eigenvalue weighted by Gasteiger charge is 2.41. The summed E-state index contributed by atoms with van der Waals surface area (Å²) in [5, 5.41) is 7.91. The molecule has 0 unspecified atom stereocenters. The van der Waals surface area contributed by atoms with Crippen LogP contribution in [0.5, 0.6) is 0 Å². The number of rotatable bonds is 5. The number of alkyl halides is 3. The van der Waals surface area contributed by atoms with Crippen LogP contribution < -0.4 is 4.90 Å². The molecule has 1 aliphatic carbocycles. The van der Waals surface area contributed by atoms with Crippen LogP contribution in [0.25, 0.3) is 0 Å². The van der Waals surface area contributed by atoms with E-state index >= 15 is 0 Å². The van der Waals surface area contributed by atoms with Gasteiger partial charge in [-0.15, -0.1) is 10.2 Å². The van der Waals surface area contributed by atoms with Crippen molar-refractivity contribution >= 4 is 11.7 Å². The Morgan fingerprint density at radius 2 is 1.96 bits per heavy atom. The molecule has 2 aliphatic rings. The summed E-state index contributed by atoms with van der Waals surface area (Å²) in [6.07, 6.45) is -0.534. The maximum atomic E-state index is 12.9. The van der Waals surface area contributed by atoms with Gasteiger partial charge in [0.05, 0.1) is 0 Å². The predicted octanol–water partition coefficient (Wildman–Crippen LogP) is 2.88. The first-order valence-corrected chi connectivity index (χ1v) is 8.31. The molecule has 0 aromatic carbocycles. The molecule has 5 nitrogen and oxygen atoms in total. The van der Waals surface area contributed by atoms with Gasteiger partial charge in [-0.25, -0.2) is 0 Å². The minimum Gasteiger partial charge on any atom is -0.355 e. The van der Waals surface area contributed by atoms with Gasteiger partial charge in [0.15, 0.2) is 11.5 Å². The minimum absolute atomic E-state index is 0.0327. The lowest BCUT2D eigenvalue weighted by Crippen LogP contribution is -2.45. The van der Waals surface area contributed by atoms with E-state index in [2.05, 4.69) is 15.1 Å². The van der Waals surface area contributed by atoms with Gasteiger partial charge in [0, 0.05) is 19.1 Å². The lowest BCUT2D eigenvalue weighted by molar-refractivity contribution is -0.144. The summed E-state index contributed by atoms with van der Waals surface area (Å²) in [6, 6.07) is 2.70. The number of hydrogen-bond donors (Lipinski definition) is 0. The normalized spacial score (nSPS) is 19.4. The number of nitrogens with zero attached hydrogens (tertiary/aromatic N) is 4. The monoisotopic (exact) mass is 342 g/mol. The van der Waals surface area contributed by atoms with Crippen molar-refractivity contribution in [2.75, 3.05) is 24.5 Å². The highest BCUT2D eigenvalue weighted by atomic mass is 19.4. The Morgan fingerprint density at radius 1 is 1.29 bits per heavy atom. The molecule has 0 spiro atoms. The lowest BCUT2D eigenvalue weighted by atomic mass is 10.1. The number of carbonyl (C=O) groups excluding carboxylic acids is 1. The van der Waals surface area contributed by atoms with Crippen LogP contribution in [0.2, 0.25) is 0 Å². The smallest absolute Gasteiger partial charge is 0.355 e. The average molecular weight is 342 g/mol. The summed E-state index contributed by atoms with van der Waals surface area (Å²) in [6.45, 7) is 2.20. The molecule has 1 saturated heterocycles. The fraction of sp³-hybridized carbons (Fsp3) is 0.688. The van der Waals surface area contributed by atoms with Gasteiger partial charge in [0.1, 0.15) is 6.54 Å². The molecule has 8 heteroatoms. The Kier molecular flexibility index (Phi) is 4.64. The molecule has 1 amide bonds. The number of amides is 1. The minimum atomic E-state index is -4.43. The number of anilines is 1. The number of aromatic nitrogens is 2. The van der Waals surface area contributed by atoms with Gasteiger partial charge < -0.3 is 9.80 Å². The Hall–Kier alpha value is -1.86. The molecule has 0 radical (unpaired) electrons. The van der Waals surface area contributed by atoms with E-state index in [-0.39, 0.29) is 11.6 Å². The third kappa shape index (κ3) is 3.96. The van der Waals surface area contributed by atoms with E-state index in [4.69, 9.17) is 0 Å². The van der Waals surface area contributed by atoms with E-state index in [1.807, 2.05) is 0 Å². The Balaban J connectivity index is 1.75. The molecular formula is C16H21F3N4O. The highest BCUT2D eigenvalue weighted by Crippen LogP contribution is 2.36. The van der Waals surface area contributed by atoms with Gasteiger partial charge in [-0.2, -0.15) is 13.2 Å². The van der Waals surface area contributed by atoms with E-state index in [0.29, 0.717) is 5.82 Å². The molecule has 1 aromatic rings. The SMILES string of the molecule is C[C@H](C1CC1)N(CC(F)(F)F)C(=O)c1ccc(N2CCCC2)nn1. The molecule has 2 heterocycles.